The molecule has 5 nitrogen and oxygen atoms in total. The van der Waals surface area contributed by atoms with Gasteiger partial charge in [0.2, 0.25) is 0 Å². The van der Waals surface area contributed by atoms with Crippen LogP contribution in [0.15, 0.2) is 24.3 Å². The average Bonchev–Trinajstić information content (AvgIpc) is 2.72. The summed E-state index contributed by atoms with van der Waals surface area (Å²) in [7, 11) is 0. The molecule has 0 saturated carbocycles. The van der Waals surface area contributed by atoms with Crippen LogP contribution in [-0.4, -0.2) is 60.0 Å². The predicted octanol–water partition coefficient (Wildman–Crippen LogP) is 1.78. The highest BCUT2D eigenvalue weighted by Crippen LogP contribution is 2.23. The SMILES string of the molecule is CC1(C)CN(CCCN2C(=O)c3ccccc3C2=O)CCO1. The summed E-state index contributed by atoms with van der Waals surface area (Å²) >= 11 is 0. The minimum atomic E-state index is -0.164. The van der Waals surface area contributed by atoms with Gasteiger partial charge in [-0.05, 0) is 32.4 Å². The van der Waals surface area contributed by atoms with Crippen LogP contribution in [0.5, 0.6) is 0 Å². The van der Waals surface area contributed by atoms with Gasteiger partial charge in [-0.25, -0.2) is 0 Å². The van der Waals surface area contributed by atoms with Gasteiger partial charge in [-0.3, -0.25) is 19.4 Å². The number of carbonyl (C=O) groups is 2. The van der Waals surface area contributed by atoms with Crippen molar-refractivity contribution in [3.63, 3.8) is 0 Å². The molecule has 118 valence electrons. The lowest BCUT2D eigenvalue weighted by atomic mass is 10.1. The van der Waals surface area contributed by atoms with Crippen molar-refractivity contribution in [1.82, 2.24) is 9.80 Å². The van der Waals surface area contributed by atoms with Crippen LogP contribution in [0.1, 0.15) is 41.0 Å². The summed E-state index contributed by atoms with van der Waals surface area (Å²) < 4.78 is 5.69. The highest BCUT2D eigenvalue weighted by atomic mass is 16.5. The normalized spacial score (nSPS) is 21.3. The summed E-state index contributed by atoms with van der Waals surface area (Å²) in [5, 5.41) is 0. The maximum absolute atomic E-state index is 12.3. The first kappa shape index (κ1) is 15.2. The van der Waals surface area contributed by atoms with E-state index in [1.807, 2.05) is 0 Å². The van der Waals surface area contributed by atoms with Crippen LogP contribution in [0.25, 0.3) is 0 Å². The number of amides is 2. The highest BCUT2D eigenvalue weighted by molar-refractivity contribution is 6.21. The minimum Gasteiger partial charge on any atom is -0.373 e. The van der Waals surface area contributed by atoms with E-state index < -0.39 is 0 Å². The van der Waals surface area contributed by atoms with Crippen LogP contribution >= 0.6 is 0 Å². The Kier molecular flexibility index (Phi) is 4.02. The first-order valence-corrected chi connectivity index (χ1v) is 7.79. The van der Waals surface area contributed by atoms with Gasteiger partial charge in [0.25, 0.3) is 11.8 Å². The Morgan fingerprint density at radius 3 is 2.32 bits per heavy atom. The third kappa shape index (κ3) is 2.91. The number of imide groups is 1. The third-order valence-electron chi connectivity index (χ3n) is 4.24. The molecule has 2 heterocycles. The Balaban J connectivity index is 1.55. The number of fused-ring (bicyclic) bond motifs is 1. The van der Waals surface area contributed by atoms with Crippen molar-refractivity contribution in [3.8, 4) is 0 Å². The van der Waals surface area contributed by atoms with Gasteiger partial charge in [-0.2, -0.15) is 0 Å². The Morgan fingerprint density at radius 2 is 1.73 bits per heavy atom. The molecule has 0 N–H and O–H groups in total. The largest absolute Gasteiger partial charge is 0.373 e. The van der Waals surface area contributed by atoms with Crippen molar-refractivity contribution in [1.29, 1.82) is 0 Å². The number of nitrogens with zero attached hydrogens (tertiary/aromatic N) is 2. The van der Waals surface area contributed by atoms with E-state index in [4.69, 9.17) is 4.74 Å². The van der Waals surface area contributed by atoms with Crippen molar-refractivity contribution in [2.24, 2.45) is 0 Å². The summed E-state index contributed by atoms with van der Waals surface area (Å²) in [6.45, 7) is 8.05. The van der Waals surface area contributed by atoms with Crippen molar-refractivity contribution in [2.75, 3.05) is 32.8 Å². The van der Waals surface area contributed by atoms with E-state index in [0.717, 1.165) is 32.7 Å². The lowest BCUT2D eigenvalue weighted by Gasteiger charge is -2.38. The number of benzene rings is 1. The standard InChI is InChI=1S/C17H22N2O3/c1-17(2)12-18(10-11-22-17)8-5-9-19-15(20)13-6-3-4-7-14(13)16(19)21/h3-4,6-7H,5,8-12H2,1-2H3. The first-order chi connectivity index (χ1) is 10.5. The lowest BCUT2D eigenvalue weighted by Crippen LogP contribution is -2.48. The molecule has 1 aromatic carbocycles. The van der Waals surface area contributed by atoms with E-state index >= 15 is 0 Å². The van der Waals surface area contributed by atoms with Crippen molar-refractivity contribution < 1.29 is 14.3 Å². The molecule has 0 aliphatic carbocycles. The molecule has 22 heavy (non-hydrogen) atoms. The quantitative estimate of drug-likeness (QED) is 0.796. The fraction of sp³-hybridized carbons (Fsp3) is 0.529. The molecule has 0 unspecified atom stereocenters. The molecule has 2 amide bonds. The zero-order valence-corrected chi connectivity index (χ0v) is 13.2. The molecule has 0 aromatic heterocycles. The fourth-order valence-electron chi connectivity index (χ4n) is 3.20. The molecule has 0 atom stereocenters. The van der Waals surface area contributed by atoms with Gasteiger partial charge in [-0.15, -0.1) is 0 Å². The van der Waals surface area contributed by atoms with Crippen LogP contribution in [0, 0.1) is 0 Å². The van der Waals surface area contributed by atoms with E-state index in [1.54, 1.807) is 24.3 Å². The molecule has 1 aromatic rings. The molecular weight excluding hydrogens is 280 g/mol. The maximum Gasteiger partial charge on any atom is 0.261 e. The molecular formula is C17H22N2O3. The highest BCUT2D eigenvalue weighted by Gasteiger charge is 2.34. The van der Waals surface area contributed by atoms with E-state index in [2.05, 4.69) is 18.7 Å². The minimum absolute atomic E-state index is 0.117. The fourth-order valence-corrected chi connectivity index (χ4v) is 3.20. The zero-order valence-electron chi connectivity index (χ0n) is 13.2. The number of hydrogen-bond donors (Lipinski definition) is 0. The first-order valence-electron chi connectivity index (χ1n) is 7.79. The summed E-state index contributed by atoms with van der Waals surface area (Å²) in [4.78, 5) is 28.2. The molecule has 0 radical (unpaired) electrons. The van der Waals surface area contributed by atoms with Crippen molar-refractivity contribution in [2.45, 2.75) is 25.9 Å². The monoisotopic (exact) mass is 302 g/mol. The molecule has 0 spiro atoms. The maximum atomic E-state index is 12.3. The average molecular weight is 302 g/mol. The van der Waals surface area contributed by atoms with Gasteiger partial charge in [-0.1, -0.05) is 12.1 Å². The molecule has 0 bridgehead atoms. The lowest BCUT2D eigenvalue weighted by molar-refractivity contribution is -0.0861. The molecule has 2 aliphatic heterocycles. The second-order valence-electron chi connectivity index (χ2n) is 6.55. The smallest absolute Gasteiger partial charge is 0.261 e. The number of morpholine rings is 1. The summed E-state index contributed by atoms with van der Waals surface area (Å²) in [6.07, 6.45) is 0.793. The Labute approximate surface area is 130 Å². The topological polar surface area (TPSA) is 49.9 Å². The molecule has 1 saturated heterocycles. The van der Waals surface area contributed by atoms with Crippen LogP contribution in [-0.2, 0) is 4.74 Å². The second-order valence-corrected chi connectivity index (χ2v) is 6.55. The number of rotatable bonds is 4. The third-order valence-corrected chi connectivity index (χ3v) is 4.24. The van der Waals surface area contributed by atoms with Crippen LogP contribution in [0.2, 0.25) is 0 Å². The van der Waals surface area contributed by atoms with Gasteiger partial charge >= 0.3 is 0 Å². The van der Waals surface area contributed by atoms with Crippen molar-refractivity contribution in [3.05, 3.63) is 35.4 Å². The molecule has 2 aliphatic rings. The van der Waals surface area contributed by atoms with Gasteiger partial charge in [0.05, 0.1) is 23.3 Å². The van der Waals surface area contributed by atoms with Crippen LogP contribution in [0.3, 0.4) is 0 Å². The van der Waals surface area contributed by atoms with E-state index in [-0.39, 0.29) is 17.4 Å². The second kappa shape index (κ2) is 5.82. The van der Waals surface area contributed by atoms with Gasteiger partial charge < -0.3 is 4.74 Å². The van der Waals surface area contributed by atoms with E-state index in [9.17, 15) is 9.59 Å². The number of ether oxygens (including phenoxy) is 1. The van der Waals surface area contributed by atoms with E-state index in [0.29, 0.717) is 17.7 Å². The molecule has 3 rings (SSSR count). The van der Waals surface area contributed by atoms with Gasteiger partial charge in [0, 0.05) is 26.2 Å². The Morgan fingerprint density at radius 1 is 1.09 bits per heavy atom. The molecule has 1 fully saturated rings. The van der Waals surface area contributed by atoms with Crippen LogP contribution in [0.4, 0.5) is 0 Å². The van der Waals surface area contributed by atoms with E-state index in [1.165, 1.54) is 4.90 Å². The number of carbonyl (C=O) groups excluding carboxylic acids is 2. The predicted molar refractivity (Wildman–Crippen MR) is 82.9 cm³/mol. The summed E-state index contributed by atoms with van der Waals surface area (Å²) in [5.74, 6) is -0.328. The van der Waals surface area contributed by atoms with Gasteiger partial charge in [0.15, 0.2) is 0 Å². The van der Waals surface area contributed by atoms with Crippen LogP contribution < -0.4 is 0 Å². The van der Waals surface area contributed by atoms with Gasteiger partial charge in [0.1, 0.15) is 0 Å². The number of hydrogen-bond acceptors (Lipinski definition) is 4. The Bertz CT molecular complexity index is 562. The Hall–Kier alpha value is -1.72. The zero-order chi connectivity index (χ0) is 15.7. The summed E-state index contributed by atoms with van der Waals surface area (Å²) in [6, 6.07) is 7.03. The summed E-state index contributed by atoms with van der Waals surface area (Å²) in [5.41, 5.74) is 0.938. The van der Waals surface area contributed by atoms with Crippen molar-refractivity contribution >= 4 is 11.8 Å². The molecule has 5 heteroatoms.